The zero-order valence-electron chi connectivity index (χ0n) is 13.4. The summed E-state index contributed by atoms with van der Waals surface area (Å²) in [6, 6.07) is 0. The second-order valence-corrected chi connectivity index (χ2v) is 6.15. The molecule has 152 valence electrons. The fraction of sp³-hybridized carbons (Fsp3) is 0.923. The fourth-order valence-electron chi connectivity index (χ4n) is 2.88. The summed E-state index contributed by atoms with van der Waals surface area (Å²) in [7, 11) is 0. The van der Waals surface area contributed by atoms with Gasteiger partial charge in [0.25, 0.3) is 5.91 Å². The highest BCUT2D eigenvalue weighted by molar-refractivity contribution is 5.84. The largest absolute Gasteiger partial charge is 0.394 e. The molecule has 0 aromatic carbocycles. The Bertz CT molecular complexity index is 506. The molecule has 0 aliphatic carbocycles. The minimum absolute atomic E-state index is 0.777. The summed E-state index contributed by atoms with van der Waals surface area (Å²) in [4.78, 5) is 11.6. The molecule has 0 radical (unpaired) electrons. The first kappa shape index (κ1) is 21.3. The maximum absolute atomic E-state index is 11.6. The summed E-state index contributed by atoms with van der Waals surface area (Å²) >= 11 is 0. The molecule has 1 amide bonds. The van der Waals surface area contributed by atoms with Gasteiger partial charge in [0.15, 0.2) is 12.6 Å². The SMILES string of the molecule is NC(=O)[C@]1(CO)O[C@@H](O[C@H]2[C@H](O)[C@@H](O)[C@@H](O)O[C@@H]2CO)[C@H](O)[C@@H](O)[C@H]1O. The van der Waals surface area contributed by atoms with Gasteiger partial charge in [-0.15, -0.1) is 0 Å². The number of carbonyl (C=O) groups is 1. The first-order valence-electron chi connectivity index (χ1n) is 7.69. The van der Waals surface area contributed by atoms with E-state index >= 15 is 0 Å². The molecule has 0 saturated carbocycles. The van der Waals surface area contributed by atoms with Crippen LogP contribution in [0.25, 0.3) is 0 Å². The lowest BCUT2D eigenvalue weighted by Crippen LogP contribution is -2.72. The highest BCUT2D eigenvalue weighted by Gasteiger charge is 2.59. The van der Waals surface area contributed by atoms with Crippen molar-refractivity contribution < 1.29 is 59.9 Å². The third-order valence-corrected chi connectivity index (χ3v) is 4.54. The summed E-state index contributed by atoms with van der Waals surface area (Å²) < 4.78 is 15.2. The predicted molar refractivity (Wildman–Crippen MR) is 76.8 cm³/mol. The number of aliphatic hydroxyl groups excluding tert-OH is 8. The zero-order chi connectivity index (χ0) is 19.8. The molecule has 26 heavy (non-hydrogen) atoms. The average Bonchev–Trinajstić information content (AvgIpc) is 2.61. The lowest BCUT2D eigenvalue weighted by Gasteiger charge is -2.48. The molecule has 2 heterocycles. The molecule has 0 aromatic heterocycles. The molecule has 0 spiro atoms. The fourth-order valence-corrected chi connectivity index (χ4v) is 2.88. The monoisotopic (exact) mass is 385 g/mol. The highest BCUT2D eigenvalue weighted by Crippen LogP contribution is 2.33. The Balaban J connectivity index is 2.27. The number of ether oxygens (including phenoxy) is 3. The number of hydrogen-bond acceptors (Lipinski definition) is 12. The average molecular weight is 385 g/mol. The lowest BCUT2D eigenvalue weighted by molar-refractivity contribution is -0.367. The summed E-state index contributed by atoms with van der Waals surface area (Å²) in [5.74, 6) is -1.36. The van der Waals surface area contributed by atoms with Crippen LogP contribution in [0.5, 0.6) is 0 Å². The molecule has 2 aliphatic heterocycles. The van der Waals surface area contributed by atoms with E-state index in [1.54, 1.807) is 0 Å². The van der Waals surface area contributed by atoms with E-state index in [-0.39, 0.29) is 0 Å². The van der Waals surface area contributed by atoms with Crippen molar-refractivity contribution in [2.45, 2.75) is 60.9 Å². The number of carbonyl (C=O) groups excluding carboxylic acids is 1. The standard InChI is InChI=1S/C13H23NO12/c14-12(23)13(2-16)9(21)5(18)7(20)11(26-13)25-8-3(1-15)24-10(22)6(19)4(8)17/h3-11,15-22H,1-2H2,(H2,14,23)/t3-,4-,5-,6-,7-,8-,9-,10+,11-,13-/m1/s1. The Kier molecular flexibility index (Phi) is 6.53. The maximum atomic E-state index is 11.6. The van der Waals surface area contributed by atoms with Crippen molar-refractivity contribution in [1.82, 2.24) is 0 Å². The molecule has 2 fully saturated rings. The highest BCUT2D eigenvalue weighted by atomic mass is 16.7. The van der Waals surface area contributed by atoms with Crippen LogP contribution in [-0.4, -0.2) is 121 Å². The topological polar surface area (TPSA) is 233 Å². The smallest absolute Gasteiger partial charge is 0.255 e. The molecule has 2 aliphatic rings. The Labute approximate surface area is 146 Å². The van der Waals surface area contributed by atoms with Gasteiger partial charge in [0.2, 0.25) is 5.60 Å². The van der Waals surface area contributed by atoms with Crippen molar-refractivity contribution in [2.24, 2.45) is 5.73 Å². The Morgan fingerprint density at radius 3 is 2.12 bits per heavy atom. The van der Waals surface area contributed by atoms with E-state index in [4.69, 9.17) is 19.9 Å². The van der Waals surface area contributed by atoms with Gasteiger partial charge in [-0.2, -0.15) is 0 Å². The van der Waals surface area contributed by atoms with Crippen molar-refractivity contribution in [2.75, 3.05) is 13.2 Å². The van der Waals surface area contributed by atoms with E-state index in [0.29, 0.717) is 0 Å². The van der Waals surface area contributed by atoms with Gasteiger partial charge in [-0.25, -0.2) is 0 Å². The minimum Gasteiger partial charge on any atom is -0.394 e. The van der Waals surface area contributed by atoms with Gasteiger partial charge in [0, 0.05) is 0 Å². The molecule has 2 saturated heterocycles. The molecule has 13 heteroatoms. The van der Waals surface area contributed by atoms with Crippen LogP contribution in [0, 0.1) is 0 Å². The molecule has 10 atom stereocenters. The molecule has 2 rings (SSSR count). The first-order valence-corrected chi connectivity index (χ1v) is 7.69. The van der Waals surface area contributed by atoms with Gasteiger partial charge in [-0.1, -0.05) is 0 Å². The predicted octanol–water partition coefficient (Wildman–Crippen LogP) is -6.54. The zero-order valence-corrected chi connectivity index (χ0v) is 13.4. The molecular formula is C13H23NO12. The third-order valence-electron chi connectivity index (χ3n) is 4.54. The van der Waals surface area contributed by atoms with Crippen LogP contribution >= 0.6 is 0 Å². The second kappa shape index (κ2) is 7.95. The number of nitrogens with two attached hydrogens (primary N) is 1. The summed E-state index contributed by atoms with van der Waals surface area (Å²) in [6.45, 7) is -1.94. The number of rotatable bonds is 5. The van der Waals surface area contributed by atoms with Crippen molar-refractivity contribution in [3.8, 4) is 0 Å². The van der Waals surface area contributed by atoms with E-state index < -0.39 is 80.0 Å². The molecular weight excluding hydrogens is 362 g/mol. The molecule has 0 aromatic rings. The number of aliphatic hydroxyl groups is 8. The minimum atomic E-state index is -2.52. The van der Waals surface area contributed by atoms with Gasteiger partial charge in [0.1, 0.15) is 42.7 Å². The van der Waals surface area contributed by atoms with Crippen molar-refractivity contribution in [1.29, 1.82) is 0 Å². The van der Waals surface area contributed by atoms with Crippen LogP contribution in [0.2, 0.25) is 0 Å². The van der Waals surface area contributed by atoms with Gasteiger partial charge in [0.05, 0.1) is 13.2 Å². The van der Waals surface area contributed by atoms with Crippen LogP contribution in [-0.2, 0) is 19.0 Å². The molecule has 0 unspecified atom stereocenters. The summed E-state index contributed by atoms with van der Waals surface area (Å²) in [5.41, 5.74) is 2.59. The first-order chi connectivity index (χ1) is 12.1. The van der Waals surface area contributed by atoms with Crippen molar-refractivity contribution in [3.63, 3.8) is 0 Å². The van der Waals surface area contributed by atoms with Crippen molar-refractivity contribution in [3.05, 3.63) is 0 Å². The molecule has 13 nitrogen and oxygen atoms in total. The normalized spacial score (nSPS) is 49.8. The van der Waals surface area contributed by atoms with E-state index in [1.165, 1.54) is 0 Å². The quantitative estimate of drug-likeness (QED) is 0.215. The van der Waals surface area contributed by atoms with E-state index in [0.717, 1.165) is 0 Å². The number of primary amides is 1. The van der Waals surface area contributed by atoms with E-state index in [1.807, 2.05) is 0 Å². The van der Waals surface area contributed by atoms with Crippen LogP contribution in [0.15, 0.2) is 0 Å². The van der Waals surface area contributed by atoms with Crippen LogP contribution < -0.4 is 5.73 Å². The number of hydrogen-bond donors (Lipinski definition) is 9. The molecule has 10 N–H and O–H groups in total. The Morgan fingerprint density at radius 2 is 1.62 bits per heavy atom. The third kappa shape index (κ3) is 3.44. The lowest BCUT2D eigenvalue weighted by atomic mass is 9.86. The van der Waals surface area contributed by atoms with Crippen LogP contribution in [0.4, 0.5) is 0 Å². The van der Waals surface area contributed by atoms with Gasteiger partial charge in [-0.3, -0.25) is 4.79 Å². The van der Waals surface area contributed by atoms with E-state index in [2.05, 4.69) is 0 Å². The Morgan fingerprint density at radius 1 is 1.00 bits per heavy atom. The summed E-state index contributed by atoms with van der Waals surface area (Å²) in [5, 5.41) is 77.7. The maximum Gasteiger partial charge on any atom is 0.255 e. The number of amides is 1. The van der Waals surface area contributed by atoms with E-state index in [9.17, 15) is 45.6 Å². The summed E-state index contributed by atoms with van der Waals surface area (Å²) in [6.07, 6.45) is -16.4. The van der Waals surface area contributed by atoms with Gasteiger partial charge >= 0.3 is 0 Å². The Hall–Kier alpha value is -0.970. The van der Waals surface area contributed by atoms with Crippen molar-refractivity contribution >= 4 is 5.91 Å². The molecule has 0 bridgehead atoms. The van der Waals surface area contributed by atoms with Crippen LogP contribution in [0.3, 0.4) is 0 Å². The van der Waals surface area contributed by atoms with Gasteiger partial charge < -0.3 is 60.8 Å². The van der Waals surface area contributed by atoms with Crippen LogP contribution in [0.1, 0.15) is 0 Å². The second-order valence-electron chi connectivity index (χ2n) is 6.15. The van der Waals surface area contributed by atoms with Gasteiger partial charge in [-0.05, 0) is 0 Å².